The van der Waals surface area contributed by atoms with Crippen molar-refractivity contribution < 1.29 is 13.7 Å². The van der Waals surface area contributed by atoms with Crippen LogP contribution in [0.5, 0.6) is 0 Å². The van der Waals surface area contributed by atoms with Gasteiger partial charge in [-0.1, -0.05) is 28.9 Å². The summed E-state index contributed by atoms with van der Waals surface area (Å²) in [6, 6.07) is 13.4. The van der Waals surface area contributed by atoms with E-state index in [0.29, 0.717) is 42.9 Å². The molecule has 2 aliphatic heterocycles. The highest BCUT2D eigenvalue weighted by Gasteiger charge is 2.37. The fourth-order valence-electron chi connectivity index (χ4n) is 4.30. The molecule has 0 saturated carbocycles. The first-order chi connectivity index (χ1) is 16.1. The van der Waals surface area contributed by atoms with Gasteiger partial charge in [-0.3, -0.25) is 15.1 Å². The lowest BCUT2D eigenvalue weighted by Crippen LogP contribution is -2.50. The topological polar surface area (TPSA) is 86.5 Å². The van der Waals surface area contributed by atoms with Crippen LogP contribution in [0.1, 0.15) is 17.5 Å². The van der Waals surface area contributed by atoms with Gasteiger partial charge in [0.15, 0.2) is 0 Å². The Bertz CT molecular complexity index is 1100. The van der Waals surface area contributed by atoms with Gasteiger partial charge in [-0.25, -0.2) is 9.82 Å². The van der Waals surface area contributed by atoms with Gasteiger partial charge < -0.3 is 9.42 Å². The van der Waals surface area contributed by atoms with Crippen molar-refractivity contribution in [1.82, 2.24) is 30.8 Å². The van der Waals surface area contributed by atoms with E-state index in [-0.39, 0.29) is 23.7 Å². The van der Waals surface area contributed by atoms with Crippen molar-refractivity contribution in [3.63, 3.8) is 0 Å². The maximum Gasteiger partial charge on any atom is 0.241 e. The smallest absolute Gasteiger partial charge is 0.241 e. The SMILES string of the molecule is O=C(C1CNNC1c1ccc(F)cc1)N1CCN(Cc2nc(-c3ccc(Cl)cc3)no2)CC1. The van der Waals surface area contributed by atoms with Gasteiger partial charge in [-0.05, 0) is 42.0 Å². The van der Waals surface area contributed by atoms with Crippen molar-refractivity contribution in [3.8, 4) is 11.4 Å². The van der Waals surface area contributed by atoms with E-state index in [1.807, 2.05) is 17.0 Å². The molecule has 8 nitrogen and oxygen atoms in total. The van der Waals surface area contributed by atoms with Crippen molar-refractivity contribution in [3.05, 3.63) is 70.8 Å². The fraction of sp³-hybridized carbons (Fsp3) is 0.348. The highest BCUT2D eigenvalue weighted by atomic mass is 35.5. The van der Waals surface area contributed by atoms with Crippen LogP contribution >= 0.6 is 11.6 Å². The molecule has 0 bridgehead atoms. The molecule has 2 unspecified atom stereocenters. The molecule has 3 heterocycles. The van der Waals surface area contributed by atoms with Crippen molar-refractivity contribution in [2.45, 2.75) is 12.6 Å². The summed E-state index contributed by atoms with van der Waals surface area (Å²) in [5.74, 6) is 0.651. The standard InChI is InChI=1S/C23H24ClFN6O2/c24-17-5-1-16(2-6-17)22-27-20(33-29-22)14-30-9-11-31(12-10-30)23(32)19-13-26-28-21(19)15-3-7-18(25)8-4-15/h1-8,19,21,26,28H,9-14H2. The highest BCUT2D eigenvalue weighted by molar-refractivity contribution is 6.30. The Balaban J connectivity index is 1.16. The van der Waals surface area contributed by atoms with E-state index in [1.165, 1.54) is 12.1 Å². The zero-order chi connectivity index (χ0) is 22.8. The Kier molecular flexibility index (Phi) is 6.37. The second-order valence-corrected chi connectivity index (χ2v) is 8.72. The number of halogens is 2. The molecule has 0 aliphatic carbocycles. The summed E-state index contributed by atoms with van der Waals surface area (Å²) >= 11 is 5.93. The summed E-state index contributed by atoms with van der Waals surface area (Å²) in [6.45, 7) is 3.77. The van der Waals surface area contributed by atoms with E-state index in [4.69, 9.17) is 16.1 Å². The number of amides is 1. The van der Waals surface area contributed by atoms with Crippen LogP contribution in [0.3, 0.4) is 0 Å². The molecule has 3 aromatic rings. The molecular formula is C23H24ClFN6O2. The molecule has 10 heteroatoms. The van der Waals surface area contributed by atoms with Crippen molar-refractivity contribution in [1.29, 1.82) is 0 Å². The number of hydrazine groups is 1. The second kappa shape index (κ2) is 9.56. The molecule has 2 fully saturated rings. The third-order valence-electron chi connectivity index (χ3n) is 6.14. The average Bonchev–Trinajstić information content (AvgIpc) is 3.50. The van der Waals surface area contributed by atoms with Gasteiger partial charge in [0.05, 0.1) is 18.5 Å². The summed E-state index contributed by atoms with van der Waals surface area (Å²) in [5, 5.41) is 4.72. The molecule has 172 valence electrons. The highest BCUT2D eigenvalue weighted by Crippen LogP contribution is 2.27. The monoisotopic (exact) mass is 470 g/mol. The van der Waals surface area contributed by atoms with E-state index >= 15 is 0 Å². The summed E-state index contributed by atoms with van der Waals surface area (Å²) in [4.78, 5) is 21.8. The Labute approximate surface area is 195 Å². The Hall–Kier alpha value is -2.85. The lowest BCUT2D eigenvalue weighted by molar-refractivity contribution is -0.137. The van der Waals surface area contributed by atoms with E-state index in [0.717, 1.165) is 24.2 Å². The molecule has 5 rings (SSSR count). The van der Waals surface area contributed by atoms with Crippen LogP contribution in [0.15, 0.2) is 53.1 Å². The lowest BCUT2D eigenvalue weighted by atomic mass is 9.93. The predicted octanol–water partition coefficient (Wildman–Crippen LogP) is 2.64. The maximum absolute atomic E-state index is 13.3. The number of nitrogens with zero attached hydrogens (tertiary/aromatic N) is 4. The number of rotatable bonds is 5. The van der Waals surface area contributed by atoms with Gasteiger partial charge in [-0.15, -0.1) is 0 Å². The van der Waals surface area contributed by atoms with E-state index in [1.54, 1.807) is 24.3 Å². The van der Waals surface area contributed by atoms with E-state index < -0.39 is 0 Å². The number of carbonyl (C=O) groups is 1. The number of piperazine rings is 1. The zero-order valence-corrected chi connectivity index (χ0v) is 18.6. The molecule has 2 aromatic carbocycles. The summed E-state index contributed by atoms with van der Waals surface area (Å²) in [7, 11) is 0. The Morgan fingerprint density at radius 2 is 1.82 bits per heavy atom. The minimum absolute atomic E-state index is 0.101. The molecule has 2 aliphatic rings. The lowest BCUT2D eigenvalue weighted by Gasteiger charge is -2.36. The normalized spacial score (nSPS) is 21.5. The van der Waals surface area contributed by atoms with Crippen LogP contribution in [0, 0.1) is 11.7 Å². The van der Waals surface area contributed by atoms with Gasteiger partial charge in [-0.2, -0.15) is 4.98 Å². The quantitative estimate of drug-likeness (QED) is 0.592. The minimum Gasteiger partial charge on any atom is -0.340 e. The molecule has 1 aromatic heterocycles. The first kappa shape index (κ1) is 22.0. The third-order valence-corrected chi connectivity index (χ3v) is 6.39. The zero-order valence-electron chi connectivity index (χ0n) is 17.9. The number of hydrogen-bond donors (Lipinski definition) is 2. The molecule has 0 radical (unpaired) electrons. The maximum atomic E-state index is 13.3. The van der Waals surface area contributed by atoms with Crippen LogP contribution < -0.4 is 10.9 Å². The molecule has 0 spiro atoms. The first-order valence-corrected chi connectivity index (χ1v) is 11.3. The number of carbonyl (C=O) groups excluding carboxylic acids is 1. The van der Waals surface area contributed by atoms with Crippen molar-refractivity contribution in [2.75, 3.05) is 32.7 Å². The van der Waals surface area contributed by atoms with Gasteiger partial charge >= 0.3 is 0 Å². The molecule has 2 saturated heterocycles. The second-order valence-electron chi connectivity index (χ2n) is 8.28. The molecule has 2 N–H and O–H groups in total. The van der Waals surface area contributed by atoms with Crippen LogP contribution in [0.25, 0.3) is 11.4 Å². The third kappa shape index (κ3) is 4.91. The van der Waals surface area contributed by atoms with Gasteiger partial charge in [0.2, 0.25) is 17.6 Å². The van der Waals surface area contributed by atoms with Crippen LogP contribution in [0.2, 0.25) is 5.02 Å². The number of benzene rings is 2. The van der Waals surface area contributed by atoms with E-state index in [2.05, 4.69) is 25.9 Å². The summed E-state index contributed by atoms with van der Waals surface area (Å²) in [5.41, 5.74) is 7.98. The first-order valence-electron chi connectivity index (χ1n) is 10.9. The molecular weight excluding hydrogens is 447 g/mol. The largest absolute Gasteiger partial charge is 0.340 e. The molecule has 33 heavy (non-hydrogen) atoms. The number of aromatic nitrogens is 2. The van der Waals surface area contributed by atoms with Gasteiger partial charge in [0.1, 0.15) is 5.82 Å². The van der Waals surface area contributed by atoms with Crippen LogP contribution in [-0.4, -0.2) is 58.6 Å². The fourth-order valence-corrected chi connectivity index (χ4v) is 4.43. The molecule has 2 atom stereocenters. The Morgan fingerprint density at radius 1 is 1.09 bits per heavy atom. The average molecular weight is 471 g/mol. The number of nitrogens with one attached hydrogen (secondary N) is 2. The predicted molar refractivity (Wildman–Crippen MR) is 120 cm³/mol. The molecule has 1 amide bonds. The van der Waals surface area contributed by atoms with Gasteiger partial charge in [0.25, 0.3) is 0 Å². The number of hydrogen-bond acceptors (Lipinski definition) is 7. The van der Waals surface area contributed by atoms with Crippen LogP contribution in [0.4, 0.5) is 4.39 Å². The van der Waals surface area contributed by atoms with Crippen LogP contribution in [-0.2, 0) is 11.3 Å². The summed E-state index contributed by atoms with van der Waals surface area (Å²) in [6.07, 6.45) is 0. The van der Waals surface area contributed by atoms with Gasteiger partial charge in [0, 0.05) is 43.3 Å². The van der Waals surface area contributed by atoms with Crippen molar-refractivity contribution in [2.24, 2.45) is 5.92 Å². The van der Waals surface area contributed by atoms with Crippen molar-refractivity contribution >= 4 is 17.5 Å². The Morgan fingerprint density at radius 3 is 2.55 bits per heavy atom. The minimum atomic E-state index is -0.287. The van der Waals surface area contributed by atoms with E-state index in [9.17, 15) is 9.18 Å². The summed E-state index contributed by atoms with van der Waals surface area (Å²) < 4.78 is 18.7.